The van der Waals surface area contributed by atoms with Crippen LogP contribution < -0.4 is 15.4 Å². The number of halogens is 1. The summed E-state index contributed by atoms with van der Waals surface area (Å²) in [6.07, 6.45) is 2.00. The number of methoxy groups -OCH3 is 1. The maximum atomic E-state index is 12.2. The van der Waals surface area contributed by atoms with Gasteiger partial charge in [0.1, 0.15) is 5.75 Å². The predicted octanol–water partition coefficient (Wildman–Crippen LogP) is 5.32. The largest absolute Gasteiger partial charge is 0.495 e. The fourth-order valence-electron chi connectivity index (χ4n) is 2.17. The van der Waals surface area contributed by atoms with Gasteiger partial charge in [-0.1, -0.05) is 29.0 Å². The molecule has 2 aromatic carbocycles. The number of hydrogen-bond acceptors (Lipinski definition) is 5. The first-order chi connectivity index (χ1) is 11.6. The number of nitrogens with one attached hydrogen (secondary N) is 2. The van der Waals surface area contributed by atoms with Crippen molar-refractivity contribution in [1.82, 2.24) is 4.98 Å². The summed E-state index contributed by atoms with van der Waals surface area (Å²) in [4.78, 5) is 17.8. The fraction of sp³-hybridized carbons (Fsp3) is 0.125. The third-order valence-corrected chi connectivity index (χ3v) is 5.17. The molecule has 0 saturated carbocycles. The number of thiazole rings is 1. The molecule has 124 valence electrons. The molecule has 3 rings (SSSR count). The number of carbonyl (C=O) groups excluding carboxylic acids is 1. The van der Waals surface area contributed by atoms with Crippen molar-refractivity contribution in [3.8, 4) is 5.75 Å². The van der Waals surface area contributed by atoms with Crippen molar-refractivity contribution in [3.63, 3.8) is 0 Å². The van der Waals surface area contributed by atoms with E-state index >= 15 is 0 Å². The number of rotatable bonds is 4. The standard InChI is InChI=1S/C16H14ClN3O2S2/c1-22-11-7-6-9(17)8-10(11)18-15(21)20-16-19-14-12(23-2)4-3-5-13(14)24-16/h3-8H,1-2H3,(H2,18,19,20,21). The molecule has 0 spiro atoms. The van der Waals surface area contributed by atoms with Gasteiger partial charge in [0.05, 0.1) is 23.0 Å². The Morgan fingerprint density at radius 3 is 2.88 bits per heavy atom. The quantitative estimate of drug-likeness (QED) is 0.602. The average Bonchev–Trinajstić information content (AvgIpc) is 2.97. The van der Waals surface area contributed by atoms with E-state index in [4.69, 9.17) is 16.3 Å². The Morgan fingerprint density at radius 1 is 1.29 bits per heavy atom. The Morgan fingerprint density at radius 2 is 2.12 bits per heavy atom. The maximum Gasteiger partial charge on any atom is 0.325 e. The van der Waals surface area contributed by atoms with Gasteiger partial charge in [0.25, 0.3) is 0 Å². The summed E-state index contributed by atoms with van der Waals surface area (Å²) in [7, 11) is 1.53. The molecule has 0 aliphatic heterocycles. The van der Waals surface area contributed by atoms with Crippen LogP contribution >= 0.6 is 34.7 Å². The van der Waals surface area contributed by atoms with Crippen LogP contribution in [0.25, 0.3) is 10.2 Å². The molecule has 0 unspecified atom stereocenters. The minimum atomic E-state index is -0.402. The smallest absolute Gasteiger partial charge is 0.325 e. The van der Waals surface area contributed by atoms with E-state index in [1.54, 1.807) is 30.0 Å². The number of carbonyl (C=O) groups is 1. The zero-order valence-electron chi connectivity index (χ0n) is 12.9. The first-order valence-electron chi connectivity index (χ1n) is 6.96. The normalized spacial score (nSPS) is 10.6. The number of urea groups is 1. The van der Waals surface area contributed by atoms with Crippen molar-refractivity contribution in [1.29, 1.82) is 0 Å². The number of anilines is 2. The van der Waals surface area contributed by atoms with Crippen LogP contribution in [-0.4, -0.2) is 24.4 Å². The molecular formula is C16H14ClN3O2S2. The minimum Gasteiger partial charge on any atom is -0.495 e. The first kappa shape index (κ1) is 16.9. The van der Waals surface area contributed by atoms with Gasteiger partial charge in [-0.15, -0.1) is 11.8 Å². The van der Waals surface area contributed by atoms with Crippen molar-refractivity contribution in [2.45, 2.75) is 4.90 Å². The minimum absolute atomic E-state index is 0.402. The van der Waals surface area contributed by atoms with Crippen molar-refractivity contribution in [3.05, 3.63) is 41.4 Å². The van der Waals surface area contributed by atoms with Crippen molar-refractivity contribution < 1.29 is 9.53 Å². The molecule has 0 saturated heterocycles. The topological polar surface area (TPSA) is 63.2 Å². The highest BCUT2D eigenvalue weighted by molar-refractivity contribution is 7.98. The van der Waals surface area contributed by atoms with Gasteiger partial charge in [-0.3, -0.25) is 5.32 Å². The zero-order chi connectivity index (χ0) is 17.1. The van der Waals surface area contributed by atoms with E-state index in [9.17, 15) is 4.79 Å². The molecule has 3 aromatic rings. The molecule has 1 aromatic heterocycles. The molecule has 0 fully saturated rings. The Hall–Kier alpha value is -1.96. The van der Waals surface area contributed by atoms with Gasteiger partial charge in [-0.2, -0.15) is 0 Å². The third-order valence-electron chi connectivity index (χ3n) is 3.23. The van der Waals surface area contributed by atoms with Crippen molar-refractivity contribution in [2.24, 2.45) is 0 Å². The second-order valence-electron chi connectivity index (χ2n) is 4.75. The number of aromatic nitrogens is 1. The van der Waals surface area contributed by atoms with Crippen LogP contribution in [0.2, 0.25) is 5.02 Å². The Kier molecular flexibility index (Phi) is 5.13. The number of amides is 2. The van der Waals surface area contributed by atoms with Crippen molar-refractivity contribution >= 4 is 61.8 Å². The van der Waals surface area contributed by atoms with Crippen LogP contribution in [0.5, 0.6) is 5.75 Å². The molecular weight excluding hydrogens is 366 g/mol. The number of ether oxygens (including phenoxy) is 1. The van der Waals surface area contributed by atoms with Crippen LogP contribution in [0.1, 0.15) is 0 Å². The van der Waals surface area contributed by atoms with Crippen LogP contribution in [0, 0.1) is 0 Å². The van der Waals surface area contributed by atoms with E-state index in [0.717, 1.165) is 15.1 Å². The second kappa shape index (κ2) is 7.29. The predicted molar refractivity (Wildman–Crippen MR) is 102 cm³/mol. The molecule has 0 aliphatic rings. The highest BCUT2D eigenvalue weighted by Crippen LogP contribution is 2.32. The summed E-state index contributed by atoms with van der Waals surface area (Å²) >= 11 is 9.01. The zero-order valence-corrected chi connectivity index (χ0v) is 15.3. The highest BCUT2D eigenvalue weighted by atomic mass is 35.5. The van der Waals surface area contributed by atoms with Gasteiger partial charge in [-0.05, 0) is 36.6 Å². The molecule has 0 aliphatic carbocycles. The molecule has 24 heavy (non-hydrogen) atoms. The Labute approximate surface area is 152 Å². The van der Waals surface area contributed by atoms with Gasteiger partial charge in [0.2, 0.25) is 0 Å². The summed E-state index contributed by atoms with van der Waals surface area (Å²) < 4.78 is 6.24. The summed E-state index contributed by atoms with van der Waals surface area (Å²) in [5.74, 6) is 0.531. The molecule has 0 bridgehead atoms. The molecule has 0 radical (unpaired) electrons. The van der Waals surface area contributed by atoms with Gasteiger partial charge >= 0.3 is 6.03 Å². The molecule has 0 atom stereocenters. The summed E-state index contributed by atoms with van der Waals surface area (Å²) in [6, 6.07) is 10.6. The van der Waals surface area contributed by atoms with Crippen LogP contribution in [0.4, 0.5) is 15.6 Å². The van der Waals surface area contributed by atoms with E-state index in [2.05, 4.69) is 15.6 Å². The fourth-order valence-corrected chi connectivity index (χ4v) is 3.86. The molecule has 5 nitrogen and oxygen atoms in total. The second-order valence-corrected chi connectivity index (χ2v) is 7.06. The molecule has 8 heteroatoms. The van der Waals surface area contributed by atoms with Crippen molar-refractivity contribution in [2.75, 3.05) is 24.0 Å². The highest BCUT2D eigenvalue weighted by Gasteiger charge is 2.12. The van der Waals surface area contributed by atoms with E-state index in [0.29, 0.717) is 21.6 Å². The lowest BCUT2D eigenvalue weighted by molar-refractivity contribution is 0.262. The van der Waals surface area contributed by atoms with E-state index in [-0.39, 0.29) is 0 Å². The number of hydrogen-bond donors (Lipinski definition) is 2. The first-order valence-corrected chi connectivity index (χ1v) is 9.37. The monoisotopic (exact) mass is 379 g/mol. The lowest BCUT2D eigenvalue weighted by Gasteiger charge is -2.10. The summed E-state index contributed by atoms with van der Waals surface area (Å²) in [6.45, 7) is 0. The lowest BCUT2D eigenvalue weighted by Crippen LogP contribution is -2.19. The van der Waals surface area contributed by atoms with Gasteiger partial charge in [0, 0.05) is 9.92 Å². The third kappa shape index (κ3) is 3.58. The van der Waals surface area contributed by atoms with Crippen LogP contribution in [-0.2, 0) is 0 Å². The van der Waals surface area contributed by atoms with Crippen LogP contribution in [0.15, 0.2) is 41.3 Å². The maximum absolute atomic E-state index is 12.2. The number of benzene rings is 2. The van der Waals surface area contributed by atoms with Crippen LogP contribution in [0.3, 0.4) is 0 Å². The Bertz CT molecular complexity index is 898. The Balaban J connectivity index is 1.79. The summed E-state index contributed by atoms with van der Waals surface area (Å²) in [5, 5.41) is 6.52. The number of para-hydroxylation sites is 1. The van der Waals surface area contributed by atoms with Gasteiger partial charge < -0.3 is 10.1 Å². The SMILES string of the molecule is COc1ccc(Cl)cc1NC(=O)Nc1nc2c(SC)cccc2s1. The molecule has 1 heterocycles. The van der Waals surface area contributed by atoms with Gasteiger partial charge in [0.15, 0.2) is 5.13 Å². The lowest BCUT2D eigenvalue weighted by atomic mass is 10.3. The average molecular weight is 380 g/mol. The van der Waals surface area contributed by atoms with E-state index < -0.39 is 6.03 Å². The van der Waals surface area contributed by atoms with Gasteiger partial charge in [-0.25, -0.2) is 9.78 Å². The number of nitrogens with zero attached hydrogens (tertiary/aromatic N) is 1. The number of fused-ring (bicyclic) bond motifs is 1. The van der Waals surface area contributed by atoms with E-state index in [1.165, 1.54) is 18.4 Å². The summed E-state index contributed by atoms with van der Waals surface area (Å²) in [5.41, 5.74) is 1.39. The van der Waals surface area contributed by atoms with E-state index in [1.807, 2.05) is 24.5 Å². The number of thioether (sulfide) groups is 1. The molecule has 2 amide bonds. The molecule has 2 N–H and O–H groups in total.